The van der Waals surface area contributed by atoms with Crippen molar-refractivity contribution in [3.05, 3.63) is 0 Å². The van der Waals surface area contributed by atoms with Gasteiger partial charge in [-0.3, -0.25) is 0 Å². The van der Waals surface area contributed by atoms with Gasteiger partial charge in [-0.25, -0.2) is 4.39 Å². The fourth-order valence-electron chi connectivity index (χ4n) is 1.94. The Balaban J connectivity index is 2.10. The molecule has 2 fully saturated rings. The largest absolute Gasteiger partial charge is 0.325 e. The maximum Gasteiger partial charge on any atom is 0.129 e. The second-order valence-electron chi connectivity index (χ2n) is 3.37. The summed E-state index contributed by atoms with van der Waals surface area (Å²) in [5, 5.41) is 0. The van der Waals surface area contributed by atoms with E-state index in [-0.39, 0.29) is 6.04 Å². The number of hydrogen-bond acceptors (Lipinski definition) is 1. The Morgan fingerprint density at radius 1 is 1.44 bits per heavy atom. The summed E-state index contributed by atoms with van der Waals surface area (Å²) in [6.07, 6.45) is 3.85. The second kappa shape index (κ2) is 1.48. The SMILES string of the molecule is NC1CCCC2CC12F. The Hall–Kier alpha value is -0.110. The van der Waals surface area contributed by atoms with E-state index in [0.29, 0.717) is 5.92 Å². The molecule has 0 radical (unpaired) electrons. The van der Waals surface area contributed by atoms with Crippen LogP contribution in [-0.4, -0.2) is 11.7 Å². The van der Waals surface area contributed by atoms with Crippen LogP contribution in [0.2, 0.25) is 0 Å². The molecule has 0 aromatic heterocycles. The van der Waals surface area contributed by atoms with Crippen LogP contribution in [0.15, 0.2) is 0 Å². The topological polar surface area (TPSA) is 26.0 Å². The predicted octanol–water partition coefficient (Wildman–Crippen LogP) is 1.23. The molecule has 3 unspecified atom stereocenters. The standard InChI is InChI=1S/C7H12FN/c8-7-4-5(7)2-1-3-6(7)9/h5-6H,1-4,9H2. The van der Waals surface area contributed by atoms with Crippen LogP contribution in [-0.2, 0) is 0 Å². The summed E-state index contributed by atoms with van der Waals surface area (Å²) in [5.41, 5.74) is 4.66. The Morgan fingerprint density at radius 2 is 2.22 bits per heavy atom. The fraction of sp³-hybridized carbons (Fsp3) is 1.00. The van der Waals surface area contributed by atoms with E-state index in [9.17, 15) is 4.39 Å². The molecular formula is C7H12FN. The smallest absolute Gasteiger partial charge is 0.129 e. The minimum Gasteiger partial charge on any atom is -0.325 e. The average molecular weight is 129 g/mol. The molecule has 52 valence electrons. The van der Waals surface area contributed by atoms with E-state index in [1.165, 1.54) is 0 Å². The van der Waals surface area contributed by atoms with E-state index >= 15 is 0 Å². The summed E-state index contributed by atoms with van der Waals surface area (Å²) in [6.45, 7) is 0. The Bertz CT molecular complexity index is 137. The second-order valence-corrected chi connectivity index (χ2v) is 3.37. The highest BCUT2D eigenvalue weighted by atomic mass is 19.1. The van der Waals surface area contributed by atoms with Crippen molar-refractivity contribution < 1.29 is 4.39 Å². The molecule has 0 aromatic rings. The van der Waals surface area contributed by atoms with Crippen molar-refractivity contribution in [3.8, 4) is 0 Å². The molecule has 2 aliphatic rings. The molecule has 0 heterocycles. The quantitative estimate of drug-likeness (QED) is 0.523. The van der Waals surface area contributed by atoms with Gasteiger partial charge in [-0.05, 0) is 25.2 Å². The van der Waals surface area contributed by atoms with Gasteiger partial charge < -0.3 is 5.73 Å². The van der Waals surface area contributed by atoms with E-state index in [4.69, 9.17) is 5.73 Å². The van der Waals surface area contributed by atoms with Gasteiger partial charge in [0.1, 0.15) is 5.67 Å². The first-order valence-electron chi connectivity index (χ1n) is 3.68. The number of nitrogens with two attached hydrogens (primary N) is 1. The van der Waals surface area contributed by atoms with Gasteiger partial charge >= 0.3 is 0 Å². The summed E-state index contributed by atoms with van der Waals surface area (Å²) in [7, 11) is 0. The number of rotatable bonds is 0. The van der Waals surface area contributed by atoms with Gasteiger partial charge in [0.2, 0.25) is 0 Å². The van der Waals surface area contributed by atoms with Crippen LogP contribution in [0.5, 0.6) is 0 Å². The molecule has 0 aliphatic heterocycles. The molecule has 0 amide bonds. The summed E-state index contributed by atoms with van der Waals surface area (Å²) >= 11 is 0. The molecule has 2 aliphatic carbocycles. The van der Waals surface area contributed by atoms with Gasteiger partial charge in [-0.1, -0.05) is 6.42 Å². The monoisotopic (exact) mass is 129 g/mol. The number of halogens is 1. The van der Waals surface area contributed by atoms with Crippen LogP contribution in [0.3, 0.4) is 0 Å². The van der Waals surface area contributed by atoms with Crippen molar-refractivity contribution in [1.82, 2.24) is 0 Å². The molecule has 2 heteroatoms. The summed E-state index contributed by atoms with van der Waals surface area (Å²) in [4.78, 5) is 0. The third-order valence-corrected chi connectivity index (χ3v) is 2.76. The van der Waals surface area contributed by atoms with Crippen molar-refractivity contribution in [3.63, 3.8) is 0 Å². The van der Waals surface area contributed by atoms with Crippen molar-refractivity contribution >= 4 is 0 Å². The molecule has 2 N–H and O–H groups in total. The van der Waals surface area contributed by atoms with Crippen molar-refractivity contribution in [1.29, 1.82) is 0 Å². The first-order valence-corrected chi connectivity index (χ1v) is 3.68. The fourth-order valence-corrected chi connectivity index (χ4v) is 1.94. The van der Waals surface area contributed by atoms with Crippen LogP contribution in [0.4, 0.5) is 4.39 Å². The van der Waals surface area contributed by atoms with Gasteiger partial charge in [0.05, 0.1) is 0 Å². The zero-order valence-electron chi connectivity index (χ0n) is 5.44. The first-order chi connectivity index (χ1) is 4.23. The molecule has 9 heavy (non-hydrogen) atoms. The molecule has 2 rings (SSSR count). The van der Waals surface area contributed by atoms with Crippen molar-refractivity contribution in [2.45, 2.75) is 37.4 Å². The lowest BCUT2D eigenvalue weighted by Crippen LogP contribution is -2.37. The zero-order chi connectivity index (χ0) is 6.48. The van der Waals surface area contributed by atoms with Crippen LogP contribution in [0.1, 0.15) is 25.7 Å². The highest BCUT2D eigenvalue weighted by Crippen LogP contribution is 2.55. The maximum atomic E-state index is 13.2. The predicted molar refractivity (Wildman–Crippen MR) is 33.8 cm³/mol. The highest BCUT2D eigenvalue weighted by molar-refractivity contribution is 5.12. The number of fused-ring (bicyclic) bond motifs is 1. The van der Waals surface area contributed by atoms with Crippen LogP contribution >= 0.6 is 0 Å². The van der Waals surface area contributed by atoms with Gasteiger partial charge in [0.25, 0.3) is 0 Å². The Morgan fingerprint density at radius 3 is 2.78 bits per heavy atom. The van der Waals surface area contributed by atoms with E-state index in [2.05, 4.69) is 0 Å². The van der Waals surface area contributed by atoms with E-state index in [1.54, 1.807) is 0 Å². The molecular weight excluding hydrogens is 117 g/mol. The number of alkyl halides is 1. The van der Waals surface area contributed by atoms with E-state index in [1.807, 2.05) is 0 Å². The molecule has 1 nitrogen and oxygen atoms in total. The molecule has 0 aromatic carbocycles. The van der Waals surface area contributed by atoms with Gasteiger partial charge in [-0.2, -0.15) is 0 Å². The van der Waals surface area contributed by atoms with Crippen LogP contribution in [0, 0.1) is 5.92 Å². The highest BCUT2D eigenvalue weighted by Gasteiger charge is 2.60. The average Bonchev–Trinajstić information content (AvgIpc) is 2.44. The minimum absolute atomic E-state index is 0.142. The van der Waals surface area contributed by atoms with E-state index in [0.717, 1.165) is 25.7 Å². The minimum atomic E-state index is -0.918. The Labute approximate surface area is 54.4 Å². The van der Waals surface area contributed by atoms with E-state index < -0.39 is 5.67 Å². The summed E-state index contributed by atoms with van der Waals surface area (Å²) in [5.74, 6) is 0.334. The van der Waals surface area contributed by atoms with Gasteiger partial charge in [-0.15, -0.1) is 0 Å². The third-order valence-electron chi connectivity index (χ3n) is 2.76. The van der Waals surface area contributed by atoms with Crippen molar-refractivity contribution in [2.24, 2.45) is 11.7 Å². The lowest BCUT2D eigenvalue weighted by molar-refractivity contribution is 0.193. The van der Waals surface area contributed by atoms with Crippen LogP contribution in [0.25, 0.3) is 0 Å². The third kappa shape index (κ3) is 0.627. The van der Waals surface area contributed by atoms with Gasteiger partial charge in [0, 0.05) is 6.04 Å². The van der Waals surface area contributed by atoms with Gasteiger partial charge in [0.15, 0.2) is 0 Å². The summed E-state index contributed by atoms with van der Waals surface area (Å²) in [6, 6.07) is -0.142. The molecule has 0 spiro atoms. The Kier molecular flexibility index (Phi) is 0.933. The maximum absolute atomic E-state index is 13.2. The lowest BCUT2D eigenvalue weighted by atomic mass is 9.94. The first kappa shape index (κ1) is 5.66. The normalized spacial score (nSPS) is 56.7. The molecule has 3 atom stereocenters. The van der Waals surface area contributed by atoms with Crippen LogP contribution < -0.4 is 5.73 Å². The molecule has 2 saturated carbocycles. The van der Waals surface area contributed by atoms with Crippen molar-refractivity contribution in [2.75, 3.05) is 0 Å². The molecule has 0 saturated heterocycles. The molecule has 0 bridgehead atoms. The number of hydrogen-bond donors (Lipinski definition) is 1. The zero-order valence-corrected chi connectivity index (χ0v) is 5.44. The lowest BCUT2D eigenvalue weighted by Gasteiger charge is -2.21. The summed E-state index contributed by atoms with van der Waals surface area (Å²) < 4.78 is 13.2.